The number of aliphatic hydroxyl groups is 2. The van der Waals surface area contributed by atoms with Crippen molar-refractivity contribution >= 4 is 0 Å². The van der Waals surface area contributed by atoms with Crippen molar-refractivity contribution in [2.75, 3.05) is 13.1 Å². The molecule has 3 N–H and O–H groups in total. The molecule has 0 aromatic rings. The van der Waals surface area contributed by atoms with Gasteiger partial charge in [-0.3, -0.25) is 0 Å². The summed E-state index contributed by atoms with van der Waals surface area (Å²) in [6.45, 7) is 9.13. The highest BCUT2D eigenvalue weighted by Crippen LogP contribution is 2.20. The zero-order chi connectivity index (χ0) is 10.5. The molecule has 3 heteroatoms. The third-order valence-electron chi connectivity index (χ3n) is 1.67. The molecule has 80 valence electrons. The minimum Gasteiger partial charge on any atom is -0.392 e. The van der Waals surface area contributed by atoms with Crippen molar-refractivity contribution in [3.8, 4) is 0 Å². The van der Waals surface area contributed by atoms with Crippen LogP contribution in [0.25, 0.3) is 0 Å². The van der Waals surface area contributed by atoms with E-state index < -0.39 is 0 Å². The lowest BCUT2D eigenvalue weighted by molar-refractivity contribution is 0.113. The van der Waals surface area contributed by atoms with Crippen LogP contribution in [0.5, 0.6) is 0 Å². The SMILES string of the molecule is CC(O)CNCC(O)CC(C)(C)C. The lowest BCUT2D eigenvalue weighted by Crippen LogP contribution is -2.33. The number of hydrogen-bond donors (Lipinski definition) is 3. The third-order valence-corrected chi connectivity index (χ3v) is 1.67. The third kappa shape index (κ3) is 9.80. The van der Waals surface area contributed by atoms with Crippen LogP contribution in [0.4, 0.5) is 0 Å². The second-order valence-electron chi connectivity index (χ2n) is 4.93. The van der Waals surface area contributed by atoms with Gasteiger partial charge in [0, 0.05) is 13.1 Å². The largest absolute Gasteiger partial charge is 0.392 e. The summed E-state index contributed by atoms with van der Waals surface area (Å²) in [5.74, 6) is 0. The lowest BCUT2D eigenvalue weighted by atomic mass is 9.89. The van der Waals surface area contributed by atoms with Crippen molar-refractivity contribution in [3.63, 3.8) is 0 Å². The van der Waals surface area contributed by atoms with Crippen LogP contribution < -0.4 is 5.32 Å². The first kappa shape index (κ1) is 12.9. The normalized spacial score (nSPS) is 17.1. The van der Waals surface area contributed by atoms with Crippen LogP contribution in [0.2, 0.25) is 0 Å². The predicted molar refractivity (Wildman–Crippen MR) is 54.6 cm³/mol. The van der Waals surface area contributed by atoms with Crippen molar-refractivity contribution in [1.29, 1.82) is 0 Å². The highest BCUT2D eigenvalue weighted by atomic mass is 16.3. The van der Waals surface area contributed by atoms with Crippen molar-refractivity contribution in [1.82, 2.24) is 5.32 Å². The molecule has 0 aliphatic rings. The molecular weight excluding hydrogens is 166 g/mol. The molecule has 0 fully saturated rings. The van der Waals surface area contributed by atoms with E-state index >= 15 is 0 Å². The maximum absolute atomic E-state index is 9.55. The molecule has 0 aliphatic heterocycles. The van der Waals surface area contributed by atoms with Crippen LogP contribution in [0.1, 0.15) is 34.1 Å². The molecule has 2 atom stereocenters. The van der Waals surface area contributed by atoms with E-state index in [0.717, 1.165) is 6.42 Å². The van der Waals surface area contributed by atoms with Crippen LogP contribution in [-0.2, 0) is 0 Å². The Morgan fingerprint density at radius 2 is 1.69 bits per heavy atom. The van der Waals surface area contributed by atoms with Gasteiger partial charge >= 0.3 is 0 Å². The standard InChI is InChI=1S/C10H23NO2/c1-8(12)6-11-7-9(13)5-10(2,3)4/h8-9,11-13H,5-7H2,1-4H3. The molecule has 0 radical (unpaired) electrons. The van der Waals surface area contributed by atoms with Gasteiger partial charge < -0.3 is 15.5 Å². The van der Waals surface area contributed by atoms with E-state index in [9.17, 15) is 5.11 Å². The maximum Gasteiger partial charge on any atom is 0.0669 e. The first-order chi connectivity index (χ1) is 5.81. The summed E-state index contributed by atoms with van der Waals surface area (Å²) in [6, 6.07) is 0. The molecule has 0 saturated carbocycles. The van der Waals surface area contributed by atoms with E-state index in [1.807, 2.05) is 0 Å². The van der Waals surface area contributed by atoms with Gasteiger partial charge in [0.2, 0.25) is 0 Å². The predicted octanol–water partition coefficient (Wildman–Crippen LogP) is 0.754. The van der Waals surface area contributed by atoms with Gasteiger partial charge in [-0.1, -0.05) is 20.8 Å². The Morgan fingerprint density at radius 3 is 2.08 bits per heavy atom. The number of rotatable bonds is 5. The molecule has 0 rings (SSSR count). The molecule has 0 amide bonds. The summed E-state index contributed by atoms with van der Waals surface area (Å²) in [5.41, 5.74) is 0.159. The maximum atomic E-state index is 9.55. The summed E-state index contributed by atoms with van der Waals surface area (Å²) in [4.78, 5) is 0. The zero-order valence-electron chi connectivity index (χ0n) is 9.17. The second-order valence-corrected chi connectivity index (χ2v) is 4.93. The Morgan fingerprint density at radius 1 is 1.15 bits per heavy atom. The van der Waals surface area contributed by atoms with Gasteiger partial charge in [0.15, 0.2) is 0 Å². The van der Waals surface area contributed by atoms with Crippen molar-refractivity contribution in [2.24, 2.45) is 5.41 Å². The fraction of sp³-hybridized carbons (Fsp3) is 1.00. The van der Waals surface area contributed by atoms with Crippen LogP contribution in [0.15, 0.2) is 0 Å². The number of nitrogens with one attached hydrogen (secondary N) is 1. The van der Waals surface area contributed by atoms with Gasteiger partial charge in [-0.15, -0.1) is 0 Å². The molecular formula is C10H23NO2. The van der Waals surface area contributed by atoms with Gasteiger partial charge in [-0.2, -0.15) is 0 Å². The van der Waals surface area contributed by atoms with Crippen LogP contribution >= 0.6 is 0 Å². The Hall–Kier alpha value is -0.120. The summed E-state index contributed by atoms with van der Waals surface area (Å²) < 4.78 is 0. The first-order valence-electron chi connectivity index (χ1n) is 4.88. The zero-order valence-corrected chi connectivity index (χ0v) is 9.17. The fourth-order valence-corrected chi connectivity index (χ4v) is 1.24. The summed E-state index contributed by atoms with van der Waals surface area (Å²) in [7, 11) is 0. The Bertz CT molecular complexity index is 129. The Labute approximate surface area is 81.2 Å². The fourth-order valence-electron chi connectivity index (χ4n) is 1.24. The number of hydrogen-bond acceptors (Lipinski definition) is 3. The minimum atomic E-state index is -0.346. The van der Waals surface area contributed by atoms with Crippen molar-refractivity contribution in [2.45, 2.75) is 46.3 Å². The second kappa shape index (κ2) is 5.58. The molecule has 0 spiro atoms. The summed E-state index contributed by atoms with van der Waals surface area (Å²) in [5, 5.41) is 21.5. The monoisotopic (exact) mass is 189 g/mol. The lowest BCUT2D eigenvalue weighted by Gasteiger charge is -2.22. The summed E-state index contributed by atoms with van der Waals surface area (Å²) >= 11 is 0. The van der Waals surface area contributed by atoms with Crippen molar-refractivity contribution < 1.29 is 10.2 Å². The molecule has 0 aromatic heterocycles. The van der Waals surface area contributed by atoms with Crippen LogP contribution in [-0.4, -0.2) is 35.5 Å². The molecule has 13 heavy (non-hydrogen) atoms. The van der Waals surface area contributed by atoms with Crippen LogP contribution in [0, 0.1) is 5.41 Å². The Balaban J connectivity index is 3.46. The summed E-state index contributed by atoms with van der Waals surface area (Å²) in [6.07, 6.45) is 0.111. The van der Waals surface area contributed by atoms with E-state index in [4.69, 9.17) is 5.11 Å². The highest BCUT2D eigenvalue weighted by Gasteiger charge is 2.16. The van der Waals surface area contributed by atoms with Crippen molar-refractivity contribution in [3.05, 3.63) is 0 Å². The van der Waals surface area contributed by atoms with E-state index in [0.29, 0.717) is 13.1 Å². The quantitative estimate of drug-likeness (QED) is 0.598. The molecule has 2 unspecified atom stereocenters. The van der Waals surface area contributed by atoms with Crippen LogP contribution in [0.3, 0.4) is 0 Å². The van der Waals surface area contributed by atoms with E-state index in [2.05, 4.69) is 26.1 Å². The molecule has 3 nitrogen and oxygen atoms in total. The minimum absolute atomic E-state index is 0.159. The average molecular weight is 189 g/mol. The molecule has 0 saturated heterocycles. The first-order valence-corrected chi connectivity index (χ1v) is 4.88. The number of aliphatic hydroxyl groups excluding tert-OH is 2. The van der Waals surface area contributed by atoms with E-state index in [1.165, 1.54) is 0 Å². The molecule has 0 aliphatic carbocycles. The smallest absolute Gasteiger partial charge is 0.0669 e. The van der Waals surface area contributed by atoms with Gasteiger partial charge in [0.1, 0.15) is 0 Å². The molecule has 0 heterocycles. The molecule has 0 bridgehead atoms. The highest BCUT2D eigenvalue weighted by molar-refractivity contribution is 4.70. The molecule has 0 aromatic carbocycles. The van der Waals surface area contributed by atoms with Gasteiger partial charge in [-0.25, -0.2) is 0 Å². The Kier molecular flexibility index (Phi) is 5.53. The van der Waals surface area contributed by atoms with Gasteiger partial charge in [-0.05, 0) is 18.8 Å². The van der Waals surface area contributed by atoms with Gasteiger partial charge in [0.25, 0.3) is 0 Å². The van der Waals surface area contributed by atoms with E-state index in [-0.39, 0.29) is 17.6 Å². The topological polar surface area (TPSA) is 52.5 Å². The van der Waals surface area contributed by atoms with E-state index in [1.54, 1.807) is 6.92 Å². The van der Waals surface area contributed by atoms with Gasteiger partial charge in [0.05, 0.1) is 12.2 Å². The average Bonchev–Trinajstić information content (AvgIpc) is 1.81.